The van der Waals surface area contributed by atoms with Crippen LogP contribution in [0.25, 0.3) is 0 Å². The van der Waals surface area contributed by atoms with Crippen molar-refractivity contribution in [2.24, 2.45) is 0 Å². The Labute approximate surface area is 208 Å². The van der Waals surface area contributed by atoms with E-state index in [1.54, 1.807) is 0 Å². The molecule has 3 heterocycles. The van der Waals surface area contributed by atoms with Crippen LogP contribution in [0, 0.1) is 0 Å². The van der Waals surface area contributed by atoms with E-state index in [0.29, 0.717) is 35.4 Å². The number of aromatic nitrogens is 3. The standard InChI is InChI=1S/C26H31N7O2.2H2/c1-7-27-22(34)16-14-28-24(29-15-11-12-17-18(13-15)30-23(35)26(17,5)6)33-21(16)32-20-10-8-9-19(31-20)25(2,3)4;;/h8-14H,7H2,1-6H3,(H,27,34)(H,30,35)(H2,28,29,31,32,33);2*1H. The van der Waals surface area contributed by atoms with Gasteiger partial charge in [-0.15, -0.1) is 0 Å². The van der Waals surface area contributed by atoms with Gasteiger partial charge in [0.2, 0.25) is 11.9 Å². The summed E-state index contributed by atoms with van der Waals surface area (Å²) in [5, 5.41) is 12.1. The zero-order chi connectivity index (χ0) is 25.4. The lowest BCUT2D eigenvalue weighted by molar-refractivity contribution is -0.119. The van der Waals surface area contributed by atoms with E-state index < -0.39 is 5.41 Å². The molecule has 0 saturated carbocycles. The molecule has 9 nitrogen and oxygen atoms in total. The van der Waals surface area contributed by atoms with Crippen LogP contribution in [0.15, 0.2) is 42.6 Å². The van der Waals surface area contributed by atoms with Gasteiger partial charge in [0, 0.05) is 38.1 Å². The number of nitrogens with one attached hydrogen (secondary N) is 4. The number of nitrogens with zero attached hydrogens (tertiary/aromatic N) is 3. The van der Waals surface area contributed by atoms with Crippen molar-refractivity contribution in [2.45, 2.75) is 52.4 Å². The maximum Gasteiger partial charge on any atom is 0.256 e. The molecule has 2 amide bonds. The molecule has 1 aliphatic heterocycles. The summed E-state index contributed by atoms with van der Waals surface area (Å²) in [5.74, 6) is 0.897. The number of amides is 2. The normalized spacial score (nSPS) is 14.2. The molecule has 4 rings (SSSR count). The first-order valence-electron chi connectivity index (χ1n) is 11.6. The van der Waals surface area contributed by atoms with Gasteiger partial charge in [-0.2, -0.15) is 4.98 Å². The Morgan fingerprint density at radius 1 is 1.11 bits per heavy atom. The smallest absolute Gasteiger partial charge is 0.256 e. The van der Waals surface area contributed by atoms with E-state index in [0.717, 1.165) is 16.9 Å². The maximum absolute atomic E-state index is 12.7. The molecule has 1 aromatic carbocycles. The molecule has 4 N–H and O–H groups in total. The number of hydrogen-bond donors (Lipinski definition) is 4. The molecule has 9 heteroatoms. The molecule has 0 radical (unpaired) electrons. The zero-order valence-electron chi connectivity index (χ0n) is 20.9. The molecule has 0 spiro atoms. The second-order valence-electron chi connectivity index (χ2n) is 10.1. The molecule has 3 aromatic rings. The summed E-state index contributed by atoms with van der Waals surface area (Å²) in [6.07, 6.45) is 1.48. The van der Waals surface area contributed by atoms with Crippen LogP contribution in [-0.2, 0) is 15.6 Å². The summed E-state index contributed by atoms with van der Waals surface area (Å²) in [6, 6.07) is 11.4. The van der Waals surface area contributed by atoms with Crippen LogP contribution in [0.5, 0.6) is 0 Å². The van der Waals surface area contributed by atoms with Gasteiger partial charge < -0.3 is 21.3 Å². The topological polar surface area (TPSA) is 121 Å². The van der Waals surface area contributed by atoms with Crippen molar-refractivity contribution in [3.05, 3.63) is 59.4 Å². The minimum Gasteiger partial charge on any atom is -0.352 e. The van der Waals surface area contributed by atoms with E-state index >= 15 is 0 Å². The van der Waals surface area contributed by atoms with E-state index in [9.17, 15) is 9.59 Å². The van der Waals surface area contributed by atoms with Crippen LogP contribution in [-0.4, -0.2) is 33.3 Å². The van der Waals surface area contributed by atoms with Crippen molar-refractivity contribution in [2.75, 3.05) is 22.5 Å². The predicted molar refractivity (Wildman–Crippen MR) is 142 cm³/mol. The van der Waals surface area contributed by atoms with Gasteiger partial charge in [-0.05, 0) is 50.6 Å². The van der Waals surface area contributed by atoms with Gasteiger partial charge in [-0.3, -0.25) is 9.59 Å². The lowest BCUT2D eigenvalue weighted by Gasteiger charge is -2.19. The van der Waals surface area contributed by atoms with E-state index in [1.165, 1.54) is 6.20 Å². The number of hydrogen-bond acceptors (Lipinski definition) is 7. The third-order valence-corrected chi connectivity index (χ3v) is 5.90. The molecular formula is C26H35N7O2. The first kappa shape index (κ1) is 24.1. The van der Waals surface area contributed by atoms with Crippen molar-refractivity contribution in [3.63, 3.8) is 0 Å². The van der Waals surface area contributed by atoms with Gasteiger partial charge >= 0.3 is 0 Å². The minimum absolute atomic E-state index is 0. The number of carbonyl (C=O) groups is 2. The molecule has 0 bridgehead atoms. The fraction of sp³-hybridized carbons (Fsp3) is 0.346. The van der Waals surface area contributed by atoms with Gasteiger partial charge in [0.15, 0.2) is 0 Å². The van der Waals surface area contributed by atoms with Gasteiger partial charge in [-0.25, -0.2) is 9.97 Å². The number of benzene rings is 1. The molecule has 0 atom stereocenters. The largest absolute Gasteiger partial charge is 0.352 e. The fourth-order valence-corrected chi connectivity index (χ4v) is 3.80. The van der Waals surface area contributed by atoms with E-state index in [4.69, 9.17) is 4.98 Å². The highest BCUT2D eigenvalue weighted by Crippen LogP contribution is 2.39. The van der Waals surface area contributed by atoms with Gasteiger partial charge in [-0.1, -0.05) is 32.9 Å². The molecule has 35 heavy (non-hydrogen) atoms. The Bertz CT molecular complexity index is 1310. The minimum atomic E-state index is -0.579. The maximum atomic E-state index is 12.7. The van der Waals surface area contributed by atoms with Crippen LogP contribution < -0.4 is 21.3 Å². The number of anilines is 5. The van der Waals surface area contributed by atoms with E-state index in [-0.39, 0.29) is 20.1 Å². The molecule has 0 aliphatic carbocycles. The Morgan fingerprint density at radius 2 is 1.89 bits per heavy atom. The third kappa shape index (κ3) is 4.94. The zero-order valence-corrected chi connectivity index (χ0v) is 20.9. The summed E-state index contributed by atoms with van der Waals surface area (Å²) >= 11 is 0. The molecule has 1 aliphatic rings. The summed E-state index contributed by atoms with van der Waals surface area (Å²) < 4.78 is 0. The van der Waals surface area contributed by atoms with Crippen LogP contribution in [0.4, 0.5) is 29.0 Å². The van der Waals surface area contributed by atoms with Crippen LogP contribution in [0.1, 0.15) is 66.0 Å². The van der Waals surface area contributed by atoms with Gasteiger partial charge in [0.25, 0.3) is 5.91 Å². The highest BCUT2D eigenvalue weighted by atomic mass is 16.2. The number of rotatable bonds is 6. The number of fused-ring (bicyclic) bond motifs is 1. The summed E-state index contributed by atoms with van der Waals surface area (Å²) in [4.78, 5) is 38.5. The highest BCUT2D eigenvalue weighted by molar-refractivity contribution is 6.06. The fourth-order valence-electron chi connectivity index (χ4n) is 3.80. The molecule has 186 valence electrons. The summed E-state index contributed by atoms with van der Waals surface area (Å²) in [5.41, 5.74) is 2.92. The van der Waals surface area contributed by atoms with E-state index in [1.807, 2.05) is 57.2 Å². The quantitative estimate of drug-likeness (QED) is 0.388. The van der Waals surface area contributed by atoms with Crippen molar-refractivity contribution in [3.8, 4) is 0 Å². The van der Waals surface area contributed by atoms with Gasteiger partial charge in [0.05, 0.1) is 5.41 Å². The van der Waals surface area contributed by atoms with E-state index in [2.05, 4.69) is 52.0 Å². The van der Waals surface area contributed by atoms with Gasteiger partial charge in [0.1, 0.15) is 17.2 Å². The molecule has 2 aromatic heterocycles. The van der Waals surface area contributed by atoms with Crippen LogP contribution in [0.2, 0.25) is 0 Å². The summed E-state index contributed by atoms with van der Waals surface area (Å²) in [6.45, 7) is 12.4. The van der Waals surface area contributed by atoms with Crippen molar-refractivity contribution in [1.29, 1.82) is 0 Å². The molecule has 0 fully saturated rings. The lowest BCUT2D eigenvalue weighted by Crippen LogP contribution is -2.26. The predicted octanol–water partition coefficient (Wildman–Crippen LogP) is 5.13. The second-order valence-corrected chi connectivity index (χ2v) is 10.1. The second kappa shape index (κ2) is 8.98. The van der Waals surface area contributed by atoms with Crippen molar-refractivity contribution >= 4 is 40.8 Å². The average Bonchev–Trinajstić information content (AvgIpc) is 3.01. The van der Waals surface area contributed by atoms with Crippen LogP contribution >= 0.6 is 0 Å². The summed E-state index contributed by atoms with van der Waals surface area (Å²) in [7, 11) is 0. The highest BCUT2D eigenvalue weighted by Gasteiger charge is 2.38. The molecule has 0 saturated heterocycles. The number of carbonyl (C=O) groups excluding carboxylic acids is 2. The Hall–Kier alpha value is -4.01. The SMILES string of the molecule is CCNC(=O)c1cnc(Nc2ccc3c(c2)NC(=O)C3(C)C)nc1Nc1cccc(C(C)(C)C)n1.[HH].[HH]. The van der Waals surface area contributed by atoms with Crippen LogP contribution in [0.3, 0.4) is 0 Å². The molecular weight excluding hydrogens is 442 g/mol. The average molecular weight is 478 g/mol. The van der Waals surface area contributed by atoms with Crippen molar-refractivity contribution < 1.29 is 12.4 Å². The Balaban J connectivity index is 0.00000241. The first-order chi connectivity index (χ1) is 16.5. The Kier molecular flexibility index (Phi) is 6.19. The monoisotopic (exact) mass is 477 g/mol. The third-order valence-electron chi connectivity index (χ3n) is 5.90. The first-order valence-corrected chi connectivity index (χ1v) is 11.6. The number of pyridine rings is 1. The molecule has 0 unspecified atom stereocenters. The lowest BCUT2D eigenvalue weighted by atomic mass is 9.86. The van der Waals surface area contributed by atoms with Crippen molar-refractivity contribution in [1.82, 2.24) is 20.3 Å². The Morgan fingerprint density at radius 3 is 2.60 bits per heavy atom.